The molecule has 72 valence electrons. The zero-order valence-corrected chi connectivity index (χ0v) is 8.39. The van der Waals surface area contributed by atoms with Gasteiger partial charge >= 0.3 is 0 Å². The first-order chi connectivity index (χ1) is 6.97. The number of rotatable bonds is 1. The molecule has 1 aliphatic rings. The molecule has 0 bridgehead atoms. The number of hydrogen-bond donors (Lipinski definition) is 0. The third-order valence-electron chi connectivity index (χ3n) is 2.65. The predicted molar refractivity (Wildman–Crippen MR) is 61.3 cm³/mol. The average Bonchev–Trinajstić information content (AvgIpc) is 2.18. The smallest absolute Gasteiger partial charge is 0.00524 e. The van der Waals surface area contributed by atoms with Crippen LogP contribution in [-0.4, -0.2) is 0 Å². The van der Waals surface area contributed by atoms with E-state index in [2.05, 4.69) is 54.6 Å². The summed E-state index contributed by atoms with van der Waals surface area (Å²) in [5.41, 5.74) is 1.43. The van der Waals surface area contributed by atoms with Crippen molar-refractivity contribution in [1.82, 2.24) is 0 Å². The van der Waals surface area contributed by atoms with Crippen molar-refractivity contribution in [3.05, 3.63) is 60.2 Å². The highest BCUT2D eigenvalue weighted by Crippen LogP contribution is 2.23. The van der Waals surface area contributed by atoms with Crippen LogP contribution in [-0.2, 0) is 0 Å². The lowest BCUT2D eigenvalue weighted by Gasteiger charge is -2.12. The molecule has 0 amide bonds. The Balaban J connectivity index is 2.16. The highest BCUT2D eigenvalue weighted by molar-refractivity contribution is 5.25. The monoisotopic (exact) mass is 184 g/mol. The number of benzene rings is 1. The first-order valence-electron chi connectivity index (χ1n) is 5.33. The molecule has 0 heterocycles. The van der Waals surface area contributed by atoms with Gasteiger partial charge in [-0.25, -0.2) is 0 Å². The number of hydrogen-bond acceptors (Lipinski definition) is 0. The van der Waals surface area contributed by atoms with E-state index < -0.39 is 0 Å². The lowest BCUT2D eigenvalue weighted by Crippen LogP contribution is -1.94. The van der Waals surface area contributed by atoms with E-state index in [0.717, 1.165) is 6.42 Å². The molecular weight excluding hydrogens is 168 g/mol. The van der Waals surface area contributed by atoms with Gasteiger partial charge < -0.3 is 0 Å². The van der Waals surface area contributed by atoms with Gasteiger partial charge in [-0.05, 0) is 24.8 Å². The summed E-state index contributed by atoms with van der Waals surface area (Å²) in [6.45, 7) is 0. The Morgan fingerprint density at radius 2 is 1.64 bits per heavy atom. The van der Waals surface area contributed by atoms with Gasteiger partial charge in [-0.3, -0.25) is 0 Å². The maximum Gasteiger partial charge on any atom is 0.00524 e. The van der Waals surface area contributed by atoms with Crippen LogP contribution in [0.4, 0.5) is 0 Å². The SMILES string of the molecule is C1=CCC(c2ccccc2)C=CCC1. The molecule has 0 N–H and O–H groups in total. The summed E-state index contributed by atoms with van der Waals surface area (Å²) in [6.07, 6.45) is 12.8. The molecule has 14 heavy (non-hydrogen) atoms. The van der Waals surface area contributed by atoms with Crippen LogP contribution in [0.1, 0.15) is 30.7 Å². The standard InChI is InChI=1S/C14H16/c1-2-5-9-13(10-6-3-1)14-11-7-4-8-12-14/h2,4-8,10-13H,1,3,9H2. The molecule has 0 nitrogen and oxygen atoms in total. The van der Waals surface area contributed by atoms with Crippen LogP contribution >= 0.6 is 0 Å². The van der Waals surface area contributed by atoms with E-state index >= 15 is 0 Å². The van der Waals surface area contributed by atoms with Crippen LogP contribution < -0.4 is 0 Å². The van der Waals surface area contributed by atoms with Crippen molar-refractivity contribution in [3.63, 3.8) is 0 Å². The third kappa shape index (κ3) is 2.35. The van der Waals surface area contributed by atoms with Crippen LogP contribution in [0.15, 0.2) is 54.6 Å². The zero-order valence-electron chi connectivity index (χ0n) is 8.39. The first kappa shape index (κ1) is 9.26. The second-order valence-corrected chi connectivity index (χ2v) is 3.73. The topological polar surface area (TPSA) is 0 Å². The van der Waals surface area contributed by atoms with Crippen LogP contribution in [0, 0.1) is 0 Å². The molecule has 0 saturated carbocycles. The van der Waals surface area contributed by atoms with Gasteiger partial charge in [0.2, 0.25) is 0 Å². The fraction of sp³-hybridized carbons (Fsp3) is 0.286. The summed E-state index contributed by atoms with van der Waals surface area (Å²) < 4.78 is 0. The van der Waals surface area contributed by atoms with Crippen LogP contribution in [0.25, 0.3) is 0 Å². The summed E-state index contributed by atoms with van der Waals surface area (Å²) in [7, 11) is 0. The van der Waals surface area contributed by atoms with E-state index in [4.69, 9.17) is 0 Å². The summed E-state index contributed by atoms with van der Waals surface area (Å²) in [5.74, 6) is 0.577. The van der Waals surface area contributed by atoms with Crippen molar-refractivity contribution in [2.45, 2.75) is 25.2 Å². The van der Waals surface area contributed by atoms with Gasteiger partial charge in [-0.15, -0.1) is 0 Å². The molecule has 0 heteroatoms. The molecule has 0 spiro atoms. The van der Waals surface area contributed by atoms with Gasteiger partial charge in [0.05, 0.1) is 0 Å². The van der Waals surface area contributed by atoms with E-state index in [0.29, 0.717) is 5.92 Å². The van der Waals surface area contributed by atoms with Crippen LogP contribution in [0.2, 0.25) is 0 Å². The van der Waals surface area contributed by atoms with Crippen molar-refractivity contribution < 1.29 is 0 Å². The Hall–Kier alpha value is -1.30. The first-order valence-corrected chi connectivity index (χ1v) is 5.33. The Morgan fingerprint density at radius 1 is 0.857 bits per heavy atom. The van der Waals surface area contributed by atoms with E-state index in [1.54, 1.807) is 0 Å². The molecule has 0 fully saturated rings. The van der Waals surface area contributed by atoms with E-state index in [1.807, 2.05) is 0 Å². The molecule has 1 aromatic rings. The normalized spacial score (nSPS) is 21.6. The minimum Gasteiger partial charge on any atom is -0.0882 e. The maximum absolute atomic E-state index is 2.35. The lowest BCUT2D eigenvalue weighted by atomic mass is 9.93. The summed E-state index contributed by atoms with van der Waals surface area (Å²) >= 11 is 0. The van der Waals surface area contributed by atoms with Gasteiger partial charge in [-0.2, -0.15) is 0 Å². The van der Waals surface area contributed by atoms with Gasteiger partial charge in [0.25, 0.3) is 0 Å². The Kier molecular flexibility index (Phi) is 3.18. The fourth-order valence-electron chi connectivity index (χ4n) is 1.84. The predicted octanol–water partition coefficient (Wildman–Crippen LogP) is 4.07. The summed E-state index contributed by atoms with van der Waals surface area (Å²) in [4.78, 5) is 0. The Labute approximate surface area is 86.0 Å². The van der Waals surface area contributed by atoms with Crippen molar-refractivity contribution in [2.24, 2.45) is 0 Å². The molecule has 0 aliphatic heterocycles. The molecule has 0 radical (unpaired) electrons. The van der Waals surface area contributed by atoms with Gasteiger partial charge in [-0.1, -0.05) is 54.6 Å². The van der Waals surface area contributed by atoms with Gasteiger partial charge in [0.15, 0.2) is 0 Å². The van der Waals surface area contributed by atoms with Crippen LogP contribution in [0.5, 0.6) is 0 Å². The fourth-order valence-corrected chi connectivity index (χ4v) is 1.84. The van der Waals surface area contributed by atoms with E-state index in [9.17, 15) is 0 Å². The van der Waals surface area contributed by atoms with Gasteiger partial charge in [0, 0.05) is 5.92 Å². The van der Waals surface area contributed by atoms with Crippen molar-refractivity contribution in [2.75, 3.05) is 0 Å². The zero-order chi connectivity index (χ0) is 9.64. The second kappa shape index (κ2) is 4.80. The minimum atomic E-state index is 0.577. The summed E-state index contributed by atoms with van der Waals surface area (Å²) in [6, 6.07) is 10.7. The average molecular weight is 184 g/mol. The molecule has 1 unspecified atom stereocenters. The summed E-state index contributed by atoms with van der Waals surface area (Å²) in [5, 5.41) is 0. The molecule has 1 aliphatic carbocycles. The highest BCUT2D eigenvalue weighted by atomic mass is 14.1. The Morgan fingerprint density at radius 3 is 2.50 bits per heavy atom. The molecule has 0 saturated heterocycles. The number of allylic oxidation sites excluding steroid dienone is 4. The minimum absolute atomic E-state index is 0.577. The maximum atomic E-state index is 2.35. The second-order valence-electron chi connectivity index (χ2n) is 3.73. The quantitative estimate of drug-likeness (QED) is 0.577. The molecule has 0 aromatic heterocycles. The Bertz CT molecular complexity index is 319. The third-order valence-corrected chi connectivity index (χ3v) is 2.65. The molecular formula is C14H16. The largest absolute Gasteiger partial charge is 0.0882 e. The van der Waals surface area contributed by atoms with Crippen LogP contribution in [0.3, 0.4) is 0 Å². The van der Waals surface area contributed by atoms with Gasteiger partial charge in [0.1, 0.15) is 0 Å². The van der Waals surface area contributed by atoms with Crippen molar-refractivity contribution in [1.29, 1.82) is 0 Å². The molecule has 2 rings (SSSR count). The van der Waals surface area contributed by atoms with Crippen molar-refractivity contribution in [3.8, 4) is 0 Å². The highest BCUT2D eigenvalue weighted by Gasteiger charge is 2.05. The lowest BCUT2D eigenvalue weighted by molar-refractivity contribution is 0.837. The van der Waals surface area contributed by atoms with E-state index in [1.165, 1.54) is 18.4 Å². The molecule has 1 atom stereocenters. The molecule has 1 aromatic carbocycles. The van der Waals surface area contributed by atoms with Crippen molar-refractivity contribution >= 4 is 0 Å². The van der Waals surface area contributed by atoms with E-state index in [-0.39, 0.29) is 0 Å².